The molecule has 3 N–H and O–H groups in total. The minimum atomic E-state index is -0.565. The van der Waals surface area contributed by atoms with Crippen LogP contribution in [0.4, 0.5) is 5.69 Å². The number of amides is 1. The fourth-order valence-electron chi connectivity index (χ4n) is 1.66. The van der Waals surface area contributed by atoms with E-state index in [9.17, 15) is 9.59 Å². The van der Waals surface area contributed by atoms with E-state index in [4.69, 9.17) is 17.3 Å². The van der Waals surface area contributed by atoms with Crippen LogP contribution in [0.2, 0.25) is 5.02 Å². The highest BCUT2D eigenvalue weighted by atomic mass is 35.5. The zero-order chi connectivity index (χ0) is 11.0. The fourth-order valence-corrected chi connectivity index (χ4v) is 1.93. The molecule has 0 aromatic heterocycles. The topological polar surface area (TPSA) is 72.2 Å². The van der Waals surface area contributed by atoms with Crippen molar-refractivity contribution in [1.29, 1.82) is 0 Å². The Bertz CT molecular complexity index is 457. The van der Waals surface area contributed by atoms with E-state index in [0.29, 0.717) is 34.8 Å². The summed E-state index contributed by atoms with van der Waals surface area (Å²) in [5, 5.41) is 3.33. The monoisotopic (exact) mass is 224 g/mol. The van der Waals surface area contributed by atoms with Gasteiger partial charge in [0, 0.05) is 13.0 Å². The van der Waals surface area contributed by atoms with Crippen molar-refractivity contribution < 1.29 is 9.59 Å². The lowest BCUT2D eigenvalue weighted by Crippen LogP contribution is -2.23. The number of halogens is 1. The molecule has 2 rings (SSSR count). The molecule has 4 nitrogen and oxygen atoms in total. The summed E-state index contributed by atoms with van der Waals surface area (Å²) in [6, 6.07) is 3.04. The van der Waals surface area contributed by atoms with Crippen molar-refractivity contribution in [3.05, 3.63) is 28.3 Å². The minimum absolute atomic E-state index is 0.0585. The summed E-state index contributed by atoms with van der Waals surface area (Å²) in [6.45, 7) is 0.506. The standard InChI is InChI=1S/C10H9ClN2O2/c11-6-2-1-5(10(12)15)9-8(6)7(14)3-4-13-9/h1-2,13H,3-4H2,(H2,12,15). The van der Waals surface area contributed by atoms with E-state index in [1.165, 1.54) is 12.1 Å². The van der Waals surface area contributed by atoms with E-state index in [0.717, 1.165) is 0 Å². The van der Waals surface area contributed by atoms with Gasteiger partial charge in [0.2, 0.25) is 0 Å². The van der Waals surface area contributed by atoms with Crippen molar-refractivity contribution in [3.8, 4) is 0 Å². The number of carbonyl (C=O) groups excluding carboxylic acids is 2. The van der Waals surface area contributed by atoms with Gasteiger partial charge in [-0.2, -0.15) is 0 Å². The number of rotatable bonds is 1. The van der Waals surface area contributed by atoms with Gasteiger partial charge in [-0.3, -0.25) is 9.59 Å². The molecule has 1 aliphatic heterocycles. The summed E-state index contributed by atoms with van der Waals surface area (Å²) in [4.78, 5) is 22.7. The third kappa shape index (κ3) is 1.57. The quantitative estimate of drug-likeness (QED) is 0.758. The Hall–Kier alpha value is -1.55. The maximum absolute atomic E-state index is 11.6. The molecule has 0 aliphatic carbocycles. The second-order valence-electron chi connectivity index (χ2n) is 3.31. The van der Waals surface area contributed by atoms with Crippen LogP contribution in [0.5, 0.6) is 0 Å². The minimum Gasteiger partial charge on any atom is -0.383 e. The molecule has 0 spiro atoms. The third-order valence-corrected chi connectivity index (χ3v) is 2.67. The second kappa shape index (κ2) is 3.55. The molecule has 1 aromatic rings. The summed E-state index contributed by atoms with van der Waals surface area (Å²) in [7, 11) is 0. The molecule has 0 unspecified atom stereocenters. The number of Topliss-reactive ketones (excluding diaryl/α,β-unsaturated/α-hetero) is 1. The van der Waals surface area contributed by atoms with Crippen molar-refractivity contribution in [2.24, 2.45) is 5.73 Å². The van der Waals surface area contributed by atoms with Gasteiger partial charge < -0.3 is 11.1 Å². The van der Waals surface area contributed by atoms with Crippen molar-refractivity contribution in [2.75, 3.05) is 11.9 Å². The number of ketones is 1. The fraction of sp³-hybridized carbons (Fsp3) is 0.200. The number of carbonyl (C=O) groups is 2. The molecule has 0 saturated carbocycles. The molecule has 1 heterocycles. The number of nitrogens with two attached hydrogens (primary N) is 1. The molecular weight excluding hydrogens is 216 g/mol. The summed E-state index contributed by atoms with van der Waals surface area (Å²) in [5.41, 5.74) is 6.35. The Morgan fingerprint density at radius 1 is 1.47 bits per heavy atom. The lowest BCUT2D eigenvalue weighted by atomic mass is 9.98. The summed E-state index contributed by atoms with van der Waals surface area (Å²) in [6.07, 6.45) is 0.384. The average Bonchev–Trinajstić information content (AvgIpc) is 2.17. The first-order valence-electron chi connectivity index (χ1n) is 4.50. The van der Waals surface area contributed by atoms with E-state index >= 15 is 0 Å². The van der Waals surface area contributed by atoms with Crippen LogP contribution >= 0.6 is 11.6 Å². The molecule has 0 fully saturated rings. The third-order valence-electron chi connectivity index (χ3n) is 2.35. The van der Waals surface area contributed by atoms with Crippen LogP contribution in [0.25, 0.3) is 0 Å². The van der Waals surface area contributed by atoms with Gasteiger partial charge in [-0.15, -0.1) is 0 Å². The number of nitrogens with one attached hydrogen (secondary N) is 1. The Labute approximate surface area is 91.4 Å². The highest BCUT2D eigenvalue weighted by Gasteiger charge is 2.24. The molecule has 78 valence electrons. The number of anilines is 1. The van der Waals surface area contributed by atoms with Crippen LogP contribution in [-0.2, 0) is 0 Å². The van der Waals surface area contributed by atoms with Crippen LogP contribution in [0.3, 0.4) is 0 Å². The van der Waals surface area contributed by atoms with Gasteiger partial charge in [0.15, 0.2) is 5.78 Å². The molecular formula is C10H9ClN2O2. The predicted octanol–water partition coefficient (Wildman–Crippen LogP) is 1.44. The number of hydrogen-bond acceptors (Lipinski definition) is 3. The van der Waals surface area contributed by atoms with Crippen molar-refractivity contribution >= 4 is 29.0 Å². The molecule has 1 aromatic carbocycles. The number of fused-ring (bicyclic) bond motifs is 1. The lowest BCUT2D eigenvalue weighted by Gasteiger charge is -2.20. The van der Waals surface area contributed by atoms with Crippen LogP contribution in [0, 0.1) is 0 Å². The number of hydrogen-bond donors (Lipinski definition) is 2. The van der Waals surface area contributed by atoms with Gasteiger partial charge >= 0.3 is 0 Å². The summed E-state index contributed by atoms with van der Waals surface area (Å²) in [5.74, 6) is -0.623. The Kier molecular flexibility index (Phi) is 2.36. The highest BCUT2D eigenvalue weighted by Crippen LogP contribution is 2.31. The number of primary amides is 1. The Morgan fingerprint density at radius 3 is 2.87 bits per heavy atom. The van der Waals surface area contributed by atoms with Gasteiger partial charge in [-0.05, 0) is 12.1 Å². The normalized spacial score (nSPS) is 14.3. The van der Waals surface area contributed by atoms with Gasteiger partial charge in [0.05, 0.1) is 21.8 Å². The molecule has 15 heavy (non-hydrogen) atoms. The predicted molar refractivity (Wildman–Crippen MR) is 57.4 cm³/mol. The van der Waals surface area contributed by atoms with Crippen molar-refractivity contribution in [3.63, 3.8) is 0 Å². The van der Waals surface area contributed by atoms with E-state index in [-0.39, 0.29) is 5.78 Å². The Balaban J connectivity index is 2.69. The molecule has 0 radical (unpaired) electrons. The average molecular weight is 225 g/mol. The zero-order valence-corrected chi connectivity index (χ0v) is 8.60. The maximum Gasteiger partial charge on any atom is 0.250 e. The molecule has 0 atom stereocenters. The van der Waals surface area contributed by atoms with Crippen LogP contribution in [-0.4, -0.2) is 18.2 Å². The highest BCUT2D eigenvalue weighted by molar-refractivity contribution is 6.35. The first-order chi connectivity index (χ1) is 7.11. The largest absolute Gasteiger partial charge is 0.383 e. The molecule has 1 aliphatic rings. The maximum atomic E-state index is 11.6. The molecule has 0 bridgehead atoms. The van der Waals surface area contributed by atoms with Gasteiger partial charge in [0.1, 0.15) is 0 Å². The van der Waals surface area contributed by atoms with E-state index < -0.39 is 5.91 Å². The first-order valence-corrected chi connectivity index (χ1v) is 4.88. The molecule has 5 heteroatoms. The summed E-state index contributed by atoms with van der Waals surface area (Å²) >= 11 is 5.90. The first kappa shape index (κ1) is 9.98. The van der Waals surface area contributed by atoms with Gasteiger partial charge in [0.25, 0.3) is 5.91 Å². The van der Waals surface area contributed by atoms with E-state index in [2.05, 4.69) is 5.32 Å². The molecule has 0 saturated heterocycles. The zero-order valence-electron chi connectivity index (χ0n) is 7.84. The van der Waals surface area contributed by atoms with E-state index in [1.807, 2.05) is 0 Å². The smallest absolute Gasteiger partial charge is 0.250 e. The molecule has 1 amide bonds. The Morgan fingerprint density at radius 2 is 2.20 bits per heavy atom. The summed E-state index contributed by atoms with van der Waals surface area (Å²) < 4.78 is 0. The second-order valence-corrected chi connectivity index (χ2v) is 3.72. The van der Waals surface area contributed by atoms with Crippen LogP contribution < -0.4 is 11.1 Å². The van der Waals surface area contributed by atoms with E-state index in [1.54, 1.807) is 0 Å². The number of benzene rings is 1. The SMILES string of the molecule is NC(=O)c1ccc(Cl)c2c1NCCC2=O. The van der Waals surface area contributed by atoms with Crippen molar-refractivity contribution in [2.45, 2.75) is 6.42 Å². The van der Waals surface area contributed by atoms with Gasteiger partial charge in [-0.25, -0.2) is 0 Å². The van der Waals surface area contributed by atoms with Crippen LogP contribution in [0.15, 0.2) is 12.1 Å². The lowest BCUT2D eigenvalue weighted by molar-refractivity contribution is 0.0984. The van der Waals surface area contributed by atoms with Gasteiger partial charge in [-0.1, -0.05) is 11.6 Å². The van der Waals surface area contributed by atoms with Crippen molar-refractivity contribution in [1.82, 2.24) is 0 Å². The van der Waals surface area contributed by atoms with Crippen LogP contribution in [0.1, 0.15) is 27.1 Å².